The highest BCUT2D eigenvalue weighted by atomic mass is 35.5. The lowest BCUT2D eigenvalue weighted by Gasteiger charge is -2.36. The Morgan fingerprint density at radius 2 is 1.93 bits per heavy atom. The molecule has 5 nitrogen and oxygen atoms in total. The largest absolute Gasteiger partial charge is 0.360 e. The van der Waals surface area contributed by atoms with Crippen LogP contribution in [0.2, 0.25) is 5.02 Å². The highest BCUT2D eigenvalue weighted by molar-refractivity contribution is 8.02. The molecule has 0 radical (unpaired) electrons. The first-order valence-electron chi connectivity index (χ1n) is 9.51. The molecule has 1 aromatic rings. The van der Waals surface area contributed by atoms with Crippen molar-refractivity contribution in [3.8, 4) is 0 Å². The maximum absolute atomic E-state index is 11.6. The van der Waals surface area contributed by atoms with Gasteiger partial charge in [-0.1, -0.05) is 23.7 Å². The van der Waals surface area contributed by atoms with E-state index in [2.05, 4.69) is 51.9 Å². The fraction of sp³-hybridized carbons (Fsp3) is 0.381. The Morgan fingerprint density at radius 3 is 2.57 bits per heavy atom. The number of hydrogen-bond donors (Lipinski definition) is 1. The molecular formula is C21H25ClN4OS. The summed E-state index contributed by atoms with van der Waals surface area (Å²) in [5, 5.41) is 4.41. The predicted molar refractivity (Wildman–Crippen MR) is 117 cm³/mol. The van der Waals surface area contributed by atoms with Crippen molar-refractivity contribution in [2.45, 2.75) is 13.1 Å². The van der Waals surface area contributed by atoms with Crippen molar-refractivity contribution < 1.29 is 4.79 Å². The van der Waals surface area contributed by atoms with Gasteiger partial charge >= 0.3 is 0 Å². The Balaban J connectivity index is 1.61. The SMILES string of the molecule is CSC1=CN2C(CN3CCN(C(C)=O)CC3)=C(c3ccc(Cl)cc3)NC2C=C1. The van der Waals surface area contributed by atoms with Crippen LogP contribution in [0.1, 0.15) is 12.5 Å². The molecule has 1 atom stereocenters. The minimum absolute atomic E-state index is 0.134. The zero-order chi connectivity index (χ0) is 19.7. The molecule has 0 spiro atoms. The van der Waals surface area contributed by atoms with Crippen molar-refractivity contribution in [3.63, 3.8) is 0 Å². The van der Waals surface area contributed by atoms with Gasteiger partial charge in [0, 0.05) is 55.8 Å². The van der Waals surface area contributed by atoms with E-state index < -0.39 is 0 Å². The standard InChI is InChI=1S/C21H25ClN4OS/c1-15(27)25-11-9-24(10-12-25)14-19-21(16-3-5-17(22)6-4-16)23-20-8-7-18(28-2)13-26(19)20/h3-8,13,20,23H,9-12,14H2,1-2H3. The Labute approximate surface area is 175 Å². The molecule has 28 heavy (non-hydrogen) atoms. The molecule has 1 amide bonds. The number of thioether (sulfide) groups is 1. The van der Waals surface area contributed by atoms with Crippen molar-refractivity contribution >= 4 is 35.0 Å². The average Bonchev–Trinajstić information content (AvgIpc) is 3.06. The molecule has 1 unspecified atom stereocenters. The smallest absolute Gasteiger partial charge is 0.219 e. The number of piperazine rings is 1. The molecule has 0 aromatic heterocycles. The van der Waals surface area contributed by atoms with Crippen LogP contribution in [0.5, 0.6) is 0 Å². The second-order valence-corrected chi connectivity index (χ2v) is 8.52. The zero-order valence-electron chi connectivity index (χ0n) is 16.2. The minimum Gasteiger partial charge on any atom is -0.360 e. The van der Waals surface area contributed by atoms with Gasteiger partial charge in [0.05, 0.1) is 11.4 Å². The van der Waals surface area contributed by atoms with Crippen LogP contribution in [0, 0.1) is 0 Å². The normalized spacial score (nSPS) is 22.2. The van der Waals surface area contributed by atoms with E-state index in [0.717, 1.165) is 49.0 Å². The third-order valence-electron chi connectivity index (χ3n) is 5.46. The molecule has 0 bridgehead atoms. The number of benzene rings is 1. The molecule has 3 aliphatic rings. The molecular weight excluding hydrogens is 392 g/mol. The van der Waals surface area contributed by atoms with Crippen LogP contribution in [-0.4, -0.2) is 65.8 Å². The van der Waals surface area contributed by atoms with Crippen LogP contribution in [0.3, 0.4) is 0 Å². The molecule has 3 heterocycles. The summed E-state index contributed by atoms with van der Waals surface area (Å²) < 4.78 is 0. The molecule has 148 valence electrons. The molecule has 1 aromatic carbocycles. The fourth-order valence-corrected chi connectivity index (χ4v) is 4.40. The summed E-state index contributed by atoms with van der Waals surface area (Å²) in [5.41, 5.74) is 3.56. The minimum atomic E-state index is 0.134. The Kier molecular flexibility index (Phi) is 5.71. The van der Waals surface area contributed by atoms with E-state index in [1.54, 1.807) is 18.7 Å². The number of nitrogens with one attached hydrogen (secondary N) is 1. The maximum Gasteiger partial charge on any atom is 0.219 e. The number of fused-ring (bicyclic) bond motifs is 1. The van der Waals surface area contributed by atoms with E-state index in [1.807, 2.05) is 17.0 Å². The van der Waals surface area contributed by atoms with Crippen LogP contribution >= 0.6 is 23.4 Å². The molecule has 1 N–H and O–H groups in total. The number of nitrogens with zero attached hydrogens (tertiary/aromatic N) is 3. The maximum atomic E-state index is 11.6. The van der Waals surface area contributed by atoms with Crippen LogP contribution in [0.25, 0.3) is 5.70 Å². The van der Waals surface area contributed by atoms with Gasteiger partial charge in [-0.25, -0.2) is 0 Å². The number of carbonyl (C=O) groups is 1. The Morgan fingerprint density at radius 1 is 1.21 bits per heavy atom. The lowest BCUT2D eigenvalue weighted by atomic mass is 10.1. The van der Waals surface area contributed by atoms with E-state index >= 15 is 0 Å². The zero-order valence-corrected chi connectivity index (χ0v) is 17.8. The third kappa shape index (κ3) is 3.95. The number of amides is 1. The number of halogens is 1. The predicted octanol–water partition coefficient (Wildman–Crippen LogP) is 3.18. The summed E-state index contributed by atoms with van der Waals surface area (Å²) in [4.78, 5) is 19.6. The number of allylic oxidation sites excluding steroid dienone is 1. The highest BCUT2D eigenvalue weighted by Gasteiger charge is 2.32. The van der Waals surface area contributed by atoms with E-state index in [1.165, 1.54) is 10.6 Å². The van der Waals surface area contributed by atoms with E-state index in [4.69, 9.17) is 11.6 Å². The molecule has 0 saturated carbocycles. The average molecular weight is 417 g/mol. The van der Waals surface area contributed by atoms with Gasteiger partial charge in [0.25, 0.3) is 0 Å². The summed E-state index contributed by atoms with van der Waals surface area (Å²) in [6.07, 6.45) is 8.85. The van der Waals surface area contributed by atoms with Crippen molar-refractivity contribution in [1.29, 1.82) is 0 Å². The van der Waals surface area contributed by atoms with Gasteiger partial charge in [0.15, 0.2) is 0 Å². The van der Waals surface area contributed by atoms with Crippen LogP contribution in [-0.2, 0) is 4.79 Å². The summed E-state index contributed by atoms with van der Waals surface area (Å²) >= 11 is 7.85. The van der Waals surface area contributed by atoms with E-state index in [-0.39, 0.29) is 12.1 Å². The van der Waals surface area contributed by atoms with Crippen molar-refractivity contribution in [3.05, 3.63) is 63.8 Å². The van der Waals surface area contributed by atoms with Gasteiger partial charge < -0.3 is 15.1 Å². The van der Waals surface area contributed by atoms with Crippen LogP contribution in [0.15, 0.2) is 53.2 Å². The summed E-state index contributed by atoms with van der Waals surface area (Å²) in [6.45, 7) is 5.87. The second-order valence-electron chi connectivity index (χ2n) is 7.20. The van der Waals surface area contributed by atoms with Crippen molar-refractivity contribution in [2.75, 3.05) is 39.0 Å². The summed E-state index contributed by atoms with van der Waals surface area (Å²) in [6, 6.07) is 8.01. The second kappa shape index (κ2) is 8.23. The van der Waals surface area contributed by atoms with E-state index in [0.29, 0.717) is 0 Å². The van der Waals surface area contributed by atoms with Gasteiger partial charge in [-0.15, -0.1) is 11.8 Å². The van der Waals surface area contributed by atoms with Crippen molar-refractivity contribution in [1.82, 2.24) is 20.0 Å². The quantitative estimate of drug-likeness (QED) is 0.816. The summed E-state index contributed by atoms with van der Waals surface area (Å²) in [5.74, 6) is 0.164. The molecule has 4 rings (SSSR count). The first-order chi connectivity index (χ1) is 13.5. The molecule has 3 aliphatic heterocycles. The molecule has 1 fully saturated rings. The molecule has 0 aliphatic carbocycles. The van der Waals surface area contributed by atoms with Gasteiger partial charge in [-0.3, -0.25) is 9.69 Å². The number of hydrogen-bond acceptors (Lipinski definition) is 5. The van der Waals surface area contributed by atoms with Gasteiger partial charge in [0.1, 0.15) is 6.17 Å². The first-order valence-corrected chi connectivity index (χ1v) is 11.1. The summed E-state index contributed by atoms with van der Waals surface area (Å²) in [7, 11) is 0. The van der Waals surface area contributed by atoms with Gasteiger partial charge in [-0.2, -0.15) is 0 Å². The Bertz CT molecular complexity index is 840. The topological polar surface area (TPSA) is 38.8 Å². The fourth-order valence-electron chi connectivity index (χ4n) is 3.84. The number of rotatable bonds is 4. The monoisotopic (exact) mass is 416 g/mol. The highest BCUT2D eigenvalue weighted by Crippen LogP contribution is 2.34. The van der Waals surface area contributed by atoms with Gasteiger partial charge in [-0.05, 0) is 36.1 Å². The third-order valence-corrected chi connectivity index (χ3v) is 6.43. The van der Waals surface area contributed by atoms with Crippen molar-refractivity contribution in [2.24, 2.45) is 0 Å². The number of carbonyl (C=O) groups excluding carboxylic acids is 1. The lowest BCUT2D eigenvalue weighted by molar-refractivity contribution is -0.130. The molecule has 1 saturated heterocycles. The lowest BCUT2D eigenvalue weighted by Crippen LogP contribution is -2.49. The molecule has 7 heteroatoms. The first kappa shape index (κ1) is 19.4. The van der Waals surface area contributed by atoms with Gasteiger partial charge in [0.2, 0.25) is 5.91 Å². The van der Waals surface area contributed by atoms with Crippen LogP contribution in [0.4, 0.5) is 0 Å². The van der Waals surface area contributed by atoms with Crippen LogP contribution < -0.4 is 5.32 Å². The van der Waals surface area contributed by atoms with E-state index in [9.17, 15) is 4.79 Å². The Hall–Kier alpha value is -1.89.